The third-order valence-electron chi connectivity index (χ3n) is 3.59. The lowest BCUT2D eigenvalue weighted by molar-refractivity contribution is 0.601. The molecule has 1 atom stereocenters. The number of rotatable bonds is 5. The molecule has 21 heavy (non-hydrogen) atoms. The SMILES string of the molecule is Cc1ccc(NC(C)Cc2ccccc2F)cc1N(C)C. The fourth-order valence-corrected chi connectivity index (χ4v) is 2.51. The van der Waals surface area contributed by atoms with E-state index in [-0.39, 0.29) is 11.9 Å². The Kier molecular flexibility index (Phi) is 4.84. The second-order valence-corrected chi connectivity index (χ2v) is 5.74. The van der Waals surface area contributed by atoms with Crippen molar-refractivity contribution in [3.63, 3.8) is 0 Å². The van der Waals surface area contributed by atoms with Crippen molar-refractivity contribution in [1.82, 2.24) is 0 Å². The molecule has 0 aliphatic heterocycles. The predicted molar refractivity (Wildman–Crippen MR) is 88.7 cm³/mol. The first-order valence-electron chi connectivity index (χ1n) is 7.25. The molecule has 0 amide bonds. The molecule has 3 heteroatoms. The molecule has 1 unspecified atom stereocenters. The van der Waals surface area contributed by atoms with Crippen LogP contribution >= 0.6 is 0 Å². The van der Waals surface area contributed by atoms with Gasteiger partial charge in [0.1, 0.15) is 5.82 Å². The zero-order valence-electron chi connectivity index (χ0n) is 13.2. The first kappa shape index (κ1) is 15.4. The lowest BCUT2D eigenvalue weighted by atomic mass is 10.1. The minimum absolute atomic E-state index is 0.135. The Balaban J connectivity index is 2.08. The number of hydrogen-bond acceptors (Lipinski definition) is 2. The quantitative estimate of drug-likeness (QED) is 0.884. The summed E-state index contributed by atoms with van der Waals surface area (Å²) >= 11 is 0. The summed E-state index contributed by atoms with van der Waals surface area (Å²) in [6.07, 6.45) is 0.665. The Morgan fingerprint density at radius 2 is 1.86 bits per heavy atom. The number of aryl methyl sites for hydroxylation is 1. The summed E-state index contributed by atoms with van der Waals surface area (Å²) in [5.74, 6) is -0.135. The van der Waals surface area contributed by atoms with Crippen LogP contribution in [0.3, 0.4) is 0 Å². The standard InChI is InChI=1S/C18H23FN2/c1-13-9-10-16(12-18(13)21(3)4)20-14(2)11-15-7-5-6-8-17(15)19/h5-10,12,14,20H,11H2,1-4H3. The molecule has 0 aromatic heterocycles. The first-order valence-corrected chi connectivity index (χ1v) is 7.25. The van der Waals surface area contributed by atoms with Gasteiger partial charge in [-0.05, 0) is 49.6 Å². The van der Waals surface area contributed by atoms with E-state index in [0.717, 1.165) is 11.3 Å². The van der Waals surface area contributed by atoms with Gasteiger partial charge in [0.25, 0.3) is 0 Å². The zero-order valence-corrected chi connectivity index (χ0v) is 13.2. The molecule has 2 aromatic rings. The molecular formula is C18H23FN2. The van der Waals surface area contributed by atoms with Crippen LogP contribution in [0.1, 0.15) is 18.1 Å². The zero-order chi connectivity index (χ0) is 15.4. The van der Waals surface area contributed by atoms with E-state index >= 15 is 0 Å². The maximum Gasteiger partial charge on any atom is 0.126 e. The molecule has 2 aromatic carbocycles. The summed E-state index contributed by atoms with van der Waals surface area (Å²) in [7, 11) is 4.07. The Morgan fingerprint density at radius 3 is 2.52 bits per heavy atom. The first-order chi connectivity index (χ1) is 9.97. The van der Waals surface area contributed by atoms with Crippen LogP contribution in [0.5, 0.6) is 0 Å². The second kappa shape index (κ2) is 6.61. The maximum absolute atomic E-state index is 13.7. The summed E-state index contributed by atoms with van der Waals surface area (Å²) in [6.45, 7) is 4.17. The van der Waals surface area contributed by atoms with Gasteiger partial charge in [-0.3, -0.25) is 0 Å². The average molecular weight is 286 g/mol. The van der Waals surface area contributed by atoms with Gasteiger partial charge in [0.2, 0.25) is 0 Å². The summed E-state index contributed by atoms with van der Waals surface area (Å²) in [6, 6.07) is 13.4. The van der Waals surface area contributed by atoms with Gasteiger partial charge in [-0.25, -0.2) is 4.39 Å². The molecular weight excluding hydrogens is 263 g/mol. The highest BCUT2D eigenvalue weighted by Crippen LogP contribution is 2.23. The molecule has 0 bridgehead atoms. The van der Waals surface area contributed by atoms with E-state index in [1.165, 1.54) is 17.3 Å². The Labute approximate surface area is 126 Å². The Bertz CT molecular complexity index is 608. The van der Waals surface area contributed by atoms with E-state index in [0.29, 0.717) is 6.42 Å². The molecule has 0 saturated carbocycles. The Hall–Kier alpha value is -2.03. The van der Waals surface area contributed by atoms with Gasteiger partial charge >= 0.3 is 0 Å². The fourth-order valence-electron chi connectivity index (χ4n) is 2.51. The highest BCUT2D eigenvalue weighted by molar-refractivity contribution is 5.62. The van der Waals surface area contributed by atoms with Crippen molar-refractivity contribution in [1.29, 1.82) is 0 Å². The molecule has 0 spiro atoms. The number of halogens is 1. The van der Waals surface area contributed by atoms with Gasteiger partial charge in [-0.2, -0.15) is 0 Å². The van der Waals surface area contributed by atoms with Gasteiger partial charge in [0.15, 0.2) is 0 Å². The van der Waals surface area contributed by atoms with E-state index in [4.69, 9.17) is 0 Å². The predicted octanol–water partition coefficient (Wildman–Crippen LogP) is 4.24. The topological polar surface area (TPSA) is 15.3 Å². The van der Waals surface area contributed by atoms with Crippen molar-refractivity contribution in [3.8, 4) is 0 Å². The lowest BCUT2D eigenvalue weighted by Gasteiger charge is -2.20. The van der Waals surface area contributed by atoms with Gasteiger partial charge < -0.3 is 10.2 Å². The van der Waals surface area contributed by atoms with Crippen LogP contribution in [0.4, 0.5) is 15.8 Å². The van der Waals surface area contributed by atoms with Gasteiger partial charge in [-0.15, -0.1) is 0 Å². The van der Waals surface area contributed by atoms with Crippen molar-refractivity contribution >= 4 is 11.4 Å². The molecule has 2 rings (SSSR count). The average Bonchev–Trinajstić information content (AvgIpc) is 2.43. The minimum Gasteiger partial charge on any atom is -0.382 e. The third kappa shape index (κ3) is 3.97. The van der Waals surface area contributed by atoms with E-state index in [2.05, 4.69) is 42.3 Å². The number of benzene rings is 2. The van der Waals surface area contributed by atoms with Crippen LogP contribution in [0.25, 0.3) is 0 Å². The van der Waals surface area contributed by atoms with Crippen molar-refractivity contribution < 1.29 is 4.39 Å². The van der Waals surface area contributed by atoms with E-state index in [1.54, 1.807) is 6.07 Å². The highest BCUT2D eigenvalue weighted by atomic mass is 19.1. The van der Waals surface area contributed by atoms with Gasteiger partial charge in [0, 0.05) is 31.5 Å². The highest BCUT2D eigenvalue weighted by Gasteiger charge is 2.09. The van der Waals surface area contributed by atoms with Gasteiger partial charge in [-0.1, -0.05) is 24.3 Å². The molecule has 0 aliphatic rings. The maximum atomic E-state index is 13.7. The van der Waals surface area contributed by atoms with Crippen molar-refractivity contribution in [2.75, 3.05) is 24.3 Å². The molecule has 1 N–H and O–H groups in total. The molecule has 2 nitrogen and oxygen atoms in total. The van der Waals surface area contributed by atoms with Crippen LogP contribution < -0.4 is 10.2 Å². The smallest absolute Gasteiger partial charge is 0.126 e. The molecule has 0 saturated heterocycles. The van der Waals surface area contributed by atoms with E-state index in [1.807, 2.05) is 26.2 Å². The van der Waals surface area contributed by atoms with E-state index < -0.39 is 0 Å². The Morgan fingerprint density at radius 1 is 1.14 bits per heavy atom. The number of anilines is 2. The van der Waals surface area contributed by atoms with Crippen LogP contribution in [0.2, 0.25) is 0 Å². The van der Waals surface area contributed by atoms with Crippen molar-refractivity contribution in [3.05, 3.63) is 59.4 Å². The second-order valence-electron chi connectivity index (χ2n) is 5.74. The van der Waals surface area contributed by atoms with Crippen LogP contribution in [-0.4, -0.2) is 20.1 Å². The van der Waals surface area contributed by atoms with Crippen LogP contribution in [-0.2, 0) is 6.42 Å². The normalized spacial score (nSPS) is 12.0. The molecule has 112 valence electrons. The monoisotopic (exact) mass is 286 g/mol. The largest absolute Gasteiger partial charge is 0.382 e. The third-order valence-corrected chi connectivity index (χ3v) is 3.59. The summed E-state index contributed by atoms with van der Waals surface area (Å²) in [4.78, 5) is 2.10. The number of nitrogens with zero attached hydrogens (tertiary/aromatic N) is 1. The minimum atomic E-state index is -0.135. The number of hydrogen-bond donors (Lipinski definition) is 1. The molecule has 0 aliphatic carbocycles. The summed E-state index contributed by atoms with van der Waals surface area (Å²) in [5.41, 5.74) is 4.25. The van der Waals surface area contributed by atoms with Crippen molar-refractivity contribution in [2.24, 2.45) is 0 Å². The van der Waals surface area contributed by atoms with Crippen LogP contribution in [0.15, 0.2) is 42.5 Å². The number of nitrogens with one attached hydrogen (secondary N) is 1. The van der Waals surface area contributed by atoms with Crippen LogP contribution in [0, 0.1) is 12.7 Å². The molecule has 0 heterocycles. The summed E-state index contributed by atoms with van der Waals surface area (Å²) in [5, 5.41) is 3.45. The molecule has 0 radical (unpaired) electrons. The molecule has 0 fully saturated rings. The van der Waals surface area contributed by atoms with Gasteiger partial charge in [0.05, 0.1) is 0 Å². The lowest BCUT2D eigenvalue weighted by Crippen LogP contribution is -2.19. The van der Waals surface area contributed by atoms with Crippen molar-refractivity contribution in [2.45, 2.75) is 26.3 Å². The summed E-state index contributed by atoms with van der Waals surface area (Å²) < 4.78 is 13.7. The van der Waals surface area contributed by atoms with E-state index in [9.17, 15) is 4.39 Å². The fraction of sp³-hybridized carbons (Fsp3) is 0.333.